The summed E-state index contributed by atoms with van der Waals surface area (Å²) < 4.78 is 33.9. The minimum atomic E-state index is -3.47. The van der Waals surface area contributed by atoms with Gasteiger partial charge in [-0.3, -0.25) is 0 Å². The van der Waals surface area contributed by atoms with Gasteiger partial charge in [-0.2, -0.15) is 4.31 Å². The molecule has 0 bridgehead atoms. The number of piperidine rings is 1. The number of aryl methyl sites for hydroxylation is 1. The Kier molecular flexibility index (Phi) is 3.22. The molecular formula is C21H21NO3S. The van der Waals surface area contributed by atoms with Gasteiger partial charge in [0.25, 0.3) is 0 Å². The molecule has 1 saturated carbocycles. The number of hydrogen-bond donors (Lipinski definition) is 0. The van der Waals surface area contributed by atoms with Crippen molar-refractivity contribution in [1.29, 1.82) is 0 Å². The van der Waals surface area contributed by atoms with E-state index in [9.17, 15) is 8.42 Å². The first-order valence-corrected chi connectivity index (χ1v) is 10.4. The second kappa shape index (κ2) is 5.21. The van der Waals surface area contributed by atoms with Gasteiger partial charge < -0.3 is 4.42 Å². The molecule has 1 aliphatic heterocycles. The number of sulfonamides is 1. The molecule has 0 amide bonds. The highest BCUT2D eigenvalue weighted by atomic mass is 32.2. The van der Waals surface area contributed by atoms with Crippen LogP contribution in [-0.2, 0) is 15.4 Å². The van der Waals surface area contributed by atoms with Gasteiger partial charge in [0.1, 0.15) is 11.3 Å². The van der Waals surface area contributed by atoms with Crippen LogP contribution in [-0.4, -0.2) is 25.8 Å². The number of nitrogens with zero attached hydrogens (tertiary/aromatic N) is 1. The summed E-state index contributed by atoms with van der Waals surface area (Å²) in [5.41, 5.74) is 1.74. The fraction of sp³-hybridized carbons (Fsp3) is 0.333. The van der Waals surface area contributed by atoms with E-state index >= 15 is 0 Å². The molecule has 3 atom stereocenters. The first kappa shape index (κ1) is 16.1. The lowest BCUT2D eigenvalue weighted by Gasteiger charge is -2.21. The molecule has 1 aromatic heterocycles. The molecule has 5 rings (SSSR count). The Hall–Kier alpha value is -2.11. The van der Waals surface area contributed by atoms with E-state index in [1.54, 1.807) is 16.4 Å². The SMILES string of the molecule is Cc1ccc(S(=O)(=O)N2C[C@H]3[C@H](C)[C@@]3(c3cc4ccccc4o3)C2)cc1. The van der Waals surface area contributed by atoms with Crippen molar-refractivity contribution in [2.45, 2.75) is 24.2 Å². The van der Waals surface area contributed by atoms with E-state index in [1.807, 2.05) is 43.3 Å². The van der Waals surface area contributed by atoms with Gasteiger partial charge in [0.2, 0.25) is 10.0 Å². The Bertz CT molecular complexity index is 1070. The van der Waals surface area contributed by atoms with Gasteiger partial charge in [-0.1, -0.05) is 42.8 Å². The predicted octanol–water partition coefficient (Wildman–Crippen LogP) is 3.95. The minimum Gasteiger partial charge on any atom is -0.460 e. The predicted molar refractivity (Wildman–Crippen MR) is 100 cm³/mol. The number of para-hydroxylation sites is 1. The van der Waals surface area contributed by atoms with Crippen molar-refractivity contribution >= 4 is 21.0 Å². The monoisotopic (exact) mass is 367 g/mol. The molecule has 0 unspecified atom stereocenters. The van der Waals surface area contributed by atoms with Crippen LogP contribution in [0.2, 0.25) is 0 Å². The summed E-state index contributed by atoms with van der Waals surface area (Å²) in [5, 5.41) is 1.08. The minimum absolute atomic E-state index is 0.184. The summed E-state index contributed by atoms with van der Waals surface area (Å²) >= 11 is 0. The van der Waals surface area contributed by atoms with E-state index in [1.165, 1.54) is 0 Å². The van der Waals surface area contributed by atoms with Crippen LogP contribution in [0, 0.1) is 18.8 Å². The second-order valence-electron chi connectivity index (χ2n) is 7.69. The third kappa shape index (κ3) is 2.07. The quantitative estimate of drug-likeness (QED) is 0.704. The van der Waals surface area contributed by atoms with Crippen molar-refractivity contribution < 1.29 is 12.8 Å². The van der Waals surface area contributed by atoms with E-state index in [-0.39, 0.29) is 5.41 Å². The zero-order chi connectivity index (χ0) is 18.1. The Balaban J connectivity index is 1.50. The van der Waals surface area contributed by atoms with Gasteiger partial charge >= 0.3 is 0 Å². The third-order valence-electron chi connectivity index (χ3n) is 6.35. The first-order chi connectivity index (χ1) is 12.4. The molecule has 5 heteroatoms. The number of benzene rings is 2. The van der Waals surface area contributed by atoms with Crippen LogP contribution >= 0.6 is 0 Å². The van der Waals surface area contributed by atoms with Crippen molar-refractivity contribution in [2.24, 2.45) is 11.8 Å². The fourth-order valence-electron chi connectivity index (χ4n) is 4.62. The maximum absolute atomic E-state index is 13.1. The Morgan fingerprint density at radius 3 is 2.58 bits per heavy atom. The Labute approximate surface area is 153 Å². The smallest absolute Gasteiger partial charge is 0.243 e. The van der Waals surface area contributed by atoms with Crippen molar-refractivity contribution in [3.05, 3.63) is 65.9 Å². The molecule has 0 spiro atoms. The standard InChI is InChI=1S/C21H21NO3S/c1-14-7-9-17(10-8-14)26(23,24)22-12-18-15(2)21(18,13-22)20-11-16-5-3-4-6-19(16)25-20/h3-11,15,18H,12-13H2,1-2H3/t15-,18-,21-/m0/s1. The highest BCUT2D eigenvalue weighted by molar-refractivity contribution is 7.89. The fourth-order valence-corrected chi connectivity index (χ4v) is 6.14. The van der Waals surface area contributed by atoms with Crippen LogP contribution in [0.1, 0.15) is 18.2 Å². The number of hydrogen-bond acceptors (Lipinski definition) is 3. The van der Waals surface area contributed by atoms with Crippen LogP contribution in [0.5, 0.6) is 0 Å². The Morgan fingerprint density at radius 2 is 1.85 bits per heavy atom. The zero-order valence-corrected chi connectivity index (χ0v) is 15.7. The number of furan rings is 1. The lowest BCUT2D eigenvalue weighted by molar-refractivity contribution is 0.382. The van der Waals surface area contributed by atoms with E-state index in [0.29, 0.717) is 29.8 Å². The summed E-state index contributed by atoms with van der Waals surface area (Å²) in [6.45, 7) is 5.22. The Morgan fingerprint density at radius 1 is 1.12 bits per heavy atom. The topological polar surface area (TPSA) is 50.5 Å². The molecule has 2 fully saturated rings. The average molecular weight is 367 g/mol. The highest BCUT2D eigenvalue weighted by Crippen LogP contribution is 2.65. The molecule has 0 N–H and O–H groups in total. The normalized spacial score (nSPS) is 28.4. The van der Waals surface area contributed by atoms with Crippen molar-refractivity contribution in [2.75, 3.05) is 13.1 Å². The zero-order valence-electron chi connectivity index (χ0n) is 14.8. The summed E-state index contributed by atoms with van der Waals surface area (Å²) in [6.07, 6.45) is 0. The molecule has 1 saturated heterocycles. The van der Waals surface area contributed by atoms with Gasteiger partial charge in [0.15, 0.2) is 0 Å². The van der Waals surface area contributed by atoms with Crippen LogP contribution in [0.4, 0.5) is 0 Å². The molecule has 2 aliphatic rings. The molecule has 134 valence electrons. The molecule has 26 heavy (non-hydrogen) atoms. The highest BCUT2D eigenvalue weighted by Gasteiger charge is 2.70. The summed E-state index contributed by atoms with van der Waals surface area (Å²) in [7, 11) is -3.47. The van der Waals surface area contributed by atoms with Gasteiger partial charge in [-0.05, 0) is 43.0 Å². The number of rotatable bonds is 3. The largest absolute Gasteiger partial charge is 0.460 e. The van der Waals surface area contributed by atoms with Crippen LogP contribution in [0.25, 0.3) is 11.0 Å². The summed E-state index contributed by atoms with van der Waals surface area (Å²) in [5.74, 6) is 1.69. The van der Waals surface area contributed by atoms with Crippen LogP contribution in [0.3, 0.4) is 0 Å². The number of fused-ring (bicyclic) bond motifs is 2. The van der Waals surface area contributed by atoms with Gasteiger partial charge in [-0.25, -0.2) is 8.42 Å². The van der Waals surface area contributed by atoms with Crippen LogP contribution in [0.15, 0.2) is 63.9 Å². The second-order valence-corrected chi connectivity index (χ2v) is 9.63. The summed E-state index contributed by atoms with van der Waals surface area (Å²) in [4.78, 5) is 0.372. The molecule has 0 radical (unpaired) electrons. The molecule has 3 aromatic rings. The average Bonchev–Trinajstić information content (AvgIpc) is 3.03. The molecule has 4 nitrogen and oxygen atoms in total. The van der Waals surface area contributed by atoms with Crippen LogP contribution < -0.4 is 0 Å². The van der Waals surface area contributed by atoms with Gasteiger partial charge in [0.05, 0.1) is 4.90 Å². The maximum Gasteiger partial charge on any atom is 0.243 e. The van der Waals surface area contributed by atoms with Crippen molar-refractivity contribution in [3.8, 4) is 0 Å². The first-order valence-electron chi connectivity index (χ1n) is 8.99. The van der Waals surface area contributed by atoms with Gasteiger partial charge in [0, 0.05) is 23.9 Å². The van der Waals surface area contributed by atoms with E-state index in [2.05, 4.69) is 13.0 Å². The van der Waals surface area contributed by atoms with Crippen molar-refractivity contribution in [3.63, 3.8) is 0 Å². The van der Waals surface area contributed by atoms with Crippen molar-refractivity contribution in [1.82, 2.24) is 4.31 Å². The van der Waals surface area contributed by atoms with E-state index in [4.69, 9.17) is 4.42 Å². The molecule has 2 aromatic carbocycles. The van der Waals surface area contributed by atoms with E-state index < -0.39 is 10.0 Å². The maximum atomic E-state index is 13.1. The molecule has 2 heterocycles. The van der Waals surface area contributed by atoms with E-state index in [0.717, 1.165) is 22.3 Å². The third-order valence-corrected chi connectivity index (χ3v) is 8.18. The lowest BCUT2D eigenvalue weighted by Crippen LogP contribution is -2.34. The lowest BCUT2D eigenvalue weighted by atomic mass is 10.0. The summed E-state index contributed by atoms with van der Waals surface area (Å²) in [6, 6.07) is 17.2. The molecular weight excluding hydrogens is 346 g/mol. The molecule has 1 aliphatic carbocycles. The van der Waals surface area contributed by atoms with Gasteiger partial charge in [-0.15, -0.1) is 0 Å².